The van der Waals surface area contributed by atoms with Crippen LogP contribution in [0.4, 0.5) is 11.5 Å². The Balaban J connectivity index is 1.95. The van der Waals surface area contributed by atoms with Crippen LogP contribution in [0.15, 0.2) is 60.7 Å². The van der Waals surface area contributed by atoms with Gasteiger partial charge in [-0.3, -0.25) is 4.79 Å². The number of hydrogen-bond donors (Lipinski definition) is 1. The van der Waals surface area contributed by atoms with Crippen molar-refractivity contribution in [3.05, 3.63) is 66.4 Å². The summed E-state index contributed by atoms with van der Waals surface area (Å²) in [5.41, 5.74) is 1.87. The number of ether oxygens (including phenoxy) is 1. The van der Waals surface area contributed by atoms with Crippen molar-refractivity contribution in [1.29, 1.82) is 0 Å². The maximum Gasteiger partial charge on any atom is 0.274 e. The number of nitrogens with zero attached hydrogens (tertiary/aromatic N) is 3. The molecule has 1 aromatic heterocycles. The van der Waals surface area contributed by atoms with Crippen molar-refractivity contribution >= 4 is 17.4 Å². The number of rotatable bonds is 7. The third kappa shape index (κ3) is 4.46. The van der Waals surface area contributed by atoms with Crippen molar-refractivity contribution in [2.45, 2.75) is 13.8 Å². The van der Waals surface area contributed by atoms with E-state index >= 15 is 0 Å². The van der Waals surface area contributed by atoms with Crippen LogP contribution in [0.25, 0.3) is 11.4 Å². The lowest BCUT2D eigenvalue weighted by Crippen LogP contribution is -2.24. The molecule has 2 aromatic carbocycles. The van der Waals surface area contributed by atoms with Crippen LogP contribution in [0.3, 0.4) is 0 Å². The Bertz CT molecular complexity index is 923. The predicted octanol–water partition coefficient (Wildman–Crippen LogP) is 4.25. The highest BCUT2D eigenvalue weighted by molar-refractivity contribution is 6.03. The molecule has 0 saturated heterocycles. The molecule has 3 rings (SSSR count). The Kier molecular flexibility index (Phi) is 6.22. The van der Waals surface area contributed by atoms with Crippen molar-refractivity contribution in [2.75, 3.05) is 30.4 Å². The normalized spacial score (nSPS) is 10.4. The zero-order valence-electron chi connectivity index (χ0n) is 16.3. The van der Waals surface area contributed by atoms with Crippen molar-refractivity contribution in [3.63, 3.8) is 0 Å². The van der Waals surface area contributed by atoms with Crippen LogP contribution < -0.4 is 15.0 Å². The number of methoxy groups -OCH3 is 1. The molecule has 0 aliphatic heterocycles. The molecule has 0 aliphatic rings. The summed E-state index contributed by atoms with van der Waals surface area (Å²) in [7, 11) is 1.61. The van der Waals surface area contributed by atoms with Gasteiger partial charge in [-0.1, -0.05) is 30.3 Å². The molecule has 28 heavy (non-hydrogen) atoms. The molecule has 144 valence electrons. The molecule has 0 saturated carbocycles. The summed E-state index contributed by atoms with van der Waals surface area (Å²) in [6, 6.07) is 18.6. The van der Waals surface area contributed by atoms with E-state index < -0.39 is 0 Å². The second-order valence-corrected chi connectivity index (χ2v) is 6.16. The summed E-state index contributed by atoms with van der Waals surface area (Å²) >= 11 is 0. The minimum absolute atomic E-state index is 0.279. The van der Waals surface area contributed by atoms with Gasteiger partial charge in [-0.15, -0.1) is 0 Å². The lowest BCUT2D eigenvalue weighted by atomic mass is 10.2. The quantitative estimate of drug-likeness (QED) is 0.668. The molecule has 3 aromatic rings. The molecule has 6 nitrogen and oxygen atoms in total. The van der Waals surface area contributed by atoms with E-state index in [4.69, 9.17) is 4.74 Å². The molecule has 0 radical (unpaired) electrons. The smallest absolute Gasteiger partial charge is 0.274 e. The van der Waals surface area contributed by atoms with Gasteiger partial charge in [-0.05, 0) is 38.1 Å². The largest absolute Gasteiger partial charge is 0.497 e. The molecule has 0 bridgehead atoms. The number of hydrogen-bond acceptors (Lipinski definition) is 5. The van der Waals surface area contributed by atoms with Gasteiger partial charge in [0.2, 0.25) is 0 Å². The predicted molar refractivity (Wildman–Crippen MR) is 112 cm³/mol. The zero-order chi connectivity index (χ0) is 19.9. The number of benzene rings is 2. The molecule has 0 spiro atoms. The molecular weight excluding hydrogens is 352 g/mol. The maximum absolute atomic E-state index is 12.9. The highest BCUT2D eigenvalue weighted by Crippen LogP contribution is 2.21. The average Bonchev–Trinajstić information content (AvgIpc) is 2.75. The van der Waals surface area contributed by atoms with Gasteiger partial charge in [0.25, 0.3) is 5.91 Å². The third-order valence-corrected chi connectivity index (χ3v) is 4.41. The van der Waals surface area contributed by atoms with Crippen LogP contribution >= 0.6 is 0 Å². The van der Waals surface area contributed by atoms with Gasteiger partial charge in [-0.25, -0.2) is 9.97 Å². The van der Waals surface area contributed by atoms with Gasteiger partial charge in [-0.2, -0.15) is 0 Å². The van der Waals surface area contributed by atoms with Crippen molar-refractivity contribution < 1.29 is 9.53 Å². The van der Waals surface area contributed by atoms with Gasteiger partial charge in [0, 0.05) is 30.4 Å². The Morgan fingerprint density at radius 3 is 2.29 bits per heavy atom. The highest BCUT2D eigenvalue weighted by atomic mass is 16.5. The van der Waals surface area contributed by atoms with E-state index in [0.717, 1.165) is 30.2 Å². The topological polar surface area (TPSA) is 67.4 Å². The molecule has 1 N–H and O–H groups in total. The van der Waals surface area contributed by atoms with Crippen molar-refractivity contribution in [3.8, 4) is 17.1 Å². The number of carbonyl (C=O) groups excluding carboxylic acids is 1. The zero-order valence-corrected chi connectivity index (χ0v) is 16.3. The standard InChI is InChI=1S/C22H24N4O2/c1-4-26(5-2)20-15-19(24-21(25-20)16-9-7-6-8-10-16)22(27)23-17-11-13-18(28-3)14-12-17/h6-15H,4-5H2,1-3H3,(H,23,27). The van der Waals surface area contributed by atoms with Gasteiger partial charge in [0.1, 0.15) is 17.3 Å². The molecular formula is C22H24N4O2. The first-order valence-corrected chi connectivity index (χ1v) is 9.29. The number of aromatic nitrogens is 2. The minimum atomic E-state index is -0.279. The number of carbonyl (C=O) groups is 1. The fourth-order valence-electron chi connectivity index (χ4n) is 2.85. The van der Waals surface area contributed by atoms with Gasteiger partial charge in [0.15, 0.2) is 5.82 Å². The Labute approximate surface area is 165 Å². The third-order valence-electron chi connectivity index (χ3n) is 4.41. The Hall–Kier alpha value is -3.41. The van der Waals surface area contributed by atoms with Crippen LogP contribution in [0.5, 0.6) is 5.75 Å². The first kappa shape index (κ1) is 19.4. The van der Waals surface area contributed by atoms with E-state index in [1.807, 2.05) is 30.3 Å². The number of nitrogens with one attached hydrogen (secondary N) is 1. The van der Waals surface area contributed by atoms with Crippen LogP contribution in [-0.2, 0) is 0 Å². The summed E-state index contributed by atoms with van der Waals surface area (Å²) in [5.74, 6) is 1.72. The van der Waals surface area contributed by atoms with E-state index in [1.165, 1.54) is 0 Å². The maximum atomic E-state index is 12.9. The van der Waals surface area contributed by atoms with Crippen molar-refractivity contribution in [2.24, 2.45) is 0 Å². The van der Waals surface area contributed by atoms with Gasteiger partial charge < -0.3 is 15.0 Å². The SMILES string of the molecule is CCN(CC)c1cc(C(=O)Nc2ccc(OC)cc2)nc(-c2ccccc2)n1. The van der Waals surface area contributed by atoms with Crippen LogP contribution in [0.1, 0.15) is 24.3 Å². The van der Waals surface area contributed by atoms with Gasteiger partial charge in [0.05, 0.1) is 7.11 Å². The van der Waals surface area contributed by atoms with Crippen LogP contribution in [0, 0.1) is 0 Å². The molecule has 0 atom stereocenters. The average molecular weight is 376 g/mol. The van der Waals surface area contributed by atoms with Crippen LogP contribution in [-0.4, -0.2) is 36.1 Å². The fraction of sp³-hybridized carbons (Fsp3) is 0.227. The van der Waals surface area contributed by atoms with E-state index in [1.54, 1.807) is 37.4 Å². The summed E-state index contributed by atoms with van der Waals surface area (Å²) in [4.78, 5) is 24.1. The number of amides is 1. The minimum Gasteiger partial charge on any atom is -0.497 e. The van der Waals surface area contributed by atoms with Crippen LogP contribution in [0.2, 0.25) is 0 Å². The summed E-state index contributed by atoms with van der Waals surface area (Å²) in [6.45, 7) is 5.71. The molecule has 6 heteroatoms. The summed E-state index contributed by atoms with van der Waals surface area (Å²) in [5, 5.41) is 2.89. The van der Waals surface area contributed by atoms with E-state index in [2.05, 4.69) is 34.0 Å². The number of anilines is 2. The van der Waals surface area contributed by atoms with Crippen molar-refractivity contribution in [1.82, 2.24) is 9.97 Å². The van der Waals surface area contributed by atoms with E-state index in [0.29, 0.717) is 17.2 Å². The molecule has 1 heterocycles. The fourth-order valence-corrected chi connectivity index (χ4v) is 2.85. The lowest BCUT2D eigenvalue weighted by Gasteiger charge is -2.21. The molecule has 1 amide bonds. The first-order valence-electron chi connectivity index (χ1n) is 9.29. The first-order chi connectivity index (χ1) is 13.6. The Morgan fingerprint density at radius 1 is 1.00 bits per heavy atom. The summed E-state index contributed by atoms with van der Waals surface area (Å²) < 4.78 is 5.15. The molecule has 0 unspecified atom stereocenters. The second kappa shape index (κ2) is 8.99. The molecule has 0 fully saturated rings. The van der Waals surface area contributed by atoms with E-state index in [-0.39, 0.29) is 5.91 Å². The highest BCUT2D eigenvalue weighted by Gasteiger charge is 2.16. The second-order valence-electron chi connectivity index (χ2n) is 6.16. The monoisotopic (exact) mass is 376 g/mol. The summed E-state index contributed by atoms with van der Waals surface area (Å²) in [6.07, 6.45) is 0. The van der Waals surface area contributed by atoms with Gasteiger partial charge >= 0.3 is 0 Å². The Morgan fingerprint density at radius 2 is 1.68 bits per heavy atom. The molecule has 0 aliphatic carbocycles. The van der Waals surface area contributed by atoms with E-state index in [9.17, 15) is 4.79 Å². The lowest BCUT2D eigenvalue weighted by molar-refractivity contribution is 0.102.